The summed E-state index contributed by atoms with van der Waals surface area (Å²) < 4.78 is 26.6. The Labute approximate surface area is 174 Å². The molecule has 9 heteroatoms. The number of methoxy groups -OCH3 is 1. The molecule has 2 aliphatic heterocycles. The van der Waals surface area contributed by atoms with E-state index in [-0.39, 0.29) is 11.9 Å². The topological polar surface area (TPSA) is 76.0 Å². The lowest BCUT2D eigenvalue weighted by atomic mass is 10.00. The molecule has 1 aromatic carbocycles. The van der Waals surface area contributed by atoms with Crippen molar-refractivity contribution in [3.05, 3.63) is 48.2 Å². The number of aromatic nitrogens is 3. The number of morpholine rings is 1. The summed E-state index contributed by atoms with van der Waals surface area (Å²) in [5, 5.41) is 11.2. The van der Waals surface area contributed by atoms with Crippen molar-refractivity contribution in [1.29, 1.82) is 0 Å². The maximum atomic E-state index is 13.8. The van der Waals surface area contributed by atoms with Gasteiger partial charge in [0.1, 0.15) is 11.8 Å². The largest absolute Gasteiger partial charge is 0.494 e. The van der Waals surface area contributed by atoms with E-state index in [9.17, 15) is 4.39 Å². The number of piperidine rings is 1. The van der Waals surface area contributed by atoms with Gasteiger partial charge < -0.3 is 20.1 Å². The van der Waals surface area contributed by atoms with E-state index in [1.165, 1.54) is 19.5 Å². The van der Waals surface area contributed by atoms with Crippen molar-refractivity contribution < 1.29 is 13.9 Å². The number of ether oxygens (including phenoxy) is 2. The lowest BCUT2D eigenvalue weighted by molar-refractivity contribution is -0.0488. The normalized spacial score (nSPS) is 22.1. The van der Waals surface area contributed by atoms with Crippen molar-refractivity contribution in [3.8, 4) is 5.75 Å². The van der Waals surface area contributed by atoms with E-state index < -0.39 is 5.82 Å². The molecule has 4 heterocycles. The molecule has 2 saturated heterocycles. The van der Waals surface area contributed by atoms with Crippen LogP contribution in [-0.2, 0) is 11.3 Å². The first kappa shape index (κ1) is 19.2. The first-order chi connectivity index (χ1) is 14.7. The molecule has 5 rings (SSSR count). The third-order valence-corrected chi connectivity index (χ3v) is 5.83. The summed E-state index contributed by atoms with van der Waals surface area (Å²) in [6, 6.07) is 7.19. The Morgan fingerprint density at radius 3 is 3.20 bits per heavy atom. The molecule has 0 saturated carbocycles. The second-order valence-corrected chi connectivity index (χ2v) is 7.71. The van der Waals surface area contributed by atoms with E-state index in [0.29, 0.717) is 17.5 Å². The van der Waals surface area contributed by atoms with Crippen LogP contribution in [0.5, 0.6) is 5.75 Å². The van der Waals surface area contributed by atoms with Gasteiger partial charge in [0.25, 0.3) is 0 Å². The zero-order chi connectivity index (χ0) is 20.5. The van der Waals surface area contributed by atoms with Gasteiger partial charge >= 0.3 is 0 Å². The summed E-state index contributed by atoms with van der Waals surface area (Å²) in [6.45, 7) is 4.41. The lowest BCUT2D eigenvalue weighted by Crippen LogP contribution is -2.57. The van der Waals surface area contributed by atoms with Crippen molar-refractivity contribution in [2.24, 2.45) is 0 Å². The number of hydrogen-bond acceptors (Lipinski definition) is 7. The molecule has 0 radical (unpaired) electrons. The fourth-order valence-corrected chi connectivity index (χ4v) is 4.33. The predicted octanol–water partition coefficient (Wildman–Crippen LogP) is 2.18. The van der Waals surface area contributed by atoms with Crippen molar-refractivity contribution in [3.63, 3.8) is 0 Å². The highest BCUT2D eigenvalue weighted by atomic mass is 19.1. The maximum Gasteiger partial charge on any atom is 0.165 e. The number of hydrogen-bond donors (Lipinski definition) is 2. The zero-order valence-electron chi connectivity index (χ0n) is 16.8. The molecule has 0 bridgehead atoms. The van der Waals surface area contributed by atoms with E-state index in [1.54, 1.807) is 12.1 Å². The fourth-order valence-electron chi connectivity index (χ4n) is 4.33. The standard InChI is InChI=1S/C21H25FN6O2/c1-29-18-10-15(2-3-16(18)22)26-21-20-14(4-8-28(20)25-13-24-21)11-27-7-5-17-19(12-27)30-9-6-23-17/h2-4,8,10,13,17,19,23H,5-7,9,11-12H2,1H3,(H,24,25,26)/t17-,19-/m1/s1. The molecule has 158 valence electrons. The molecule has 0 amide bonds. The average molecular weight is 412 g/mol. The number of anilines is 2. The van der Waals surface area contributed by atoms with Crippen LogP contribution in [0.1, 0.15) is 12.0 Å². The quantitative estimate of drug-likeness (QED) is 0.665. The number of halogens is 1. The molecule has 2 atom stereocenters. The van der Waals surface area contributed by atoms with E-state index in [0.717, 1.165) is 50.3 Å². The van der Waals surface area contributed by atoms with Crippen molar-refractivity contribution in [2.75, 3.05) is 38.7 Å². The van der Waals surface area contributed by atoms with Crippen LogP contribution in [0.15, 0.2) is 36.8 Å². The summed E-state index contributed by atoms with van der Waals surface area (Å²) in [4.78, 5) is 6.86. The van der Waals surface area contributed by atoms with Gasteiger partial charge in [0.05, 0.1) is 19.8 Å². The van der Waals surface area contributed by atoms with E-state index in [1.807, 2.05) is 10.7 Å². The summed E-state index contributed by atoms with van der Waals surface area (Å²) in [5.41, 5.74) is 2.74. The van der Waals surface area contributed by atoms with Gasteiger partial charge in [0.15, 0.2) is 17.4 Å². The van der Waals surface area contributed by atoms with Gasteiger partial charge in [-0.2, -0.15) is 5.10 Å². The molecule has 2 fully saturated rings. The van der Waals surface area contributed by atoms with Gasteiger partial charge in [0.2, 0.25) is 0 Å². The van der Waals surface area contributed by atoms with Crippen LogP contribution in [0.4, 0.5) is 15.9 Å². The fraction of sp³-hybridized carbons (Fsp3) is 0.429. The molecule has 2 aromatic heterocycles. The molecule has 8 nitrogen and oxygen atoms in total. The first-order valence-corrected chi connectivity index (χ1v) is 10.2. The first-order valence-electron chi connectivity index (χ1n) is 10.2. The van der Waals surface area contributed by atoms with Crippen molar-refractivity contribution in [2.45, 2.75) is 25.1 Å². The van der Waals surface area contributed by atoms with Crippen LogP contribution in [0.25, 0.3) is 5.52 Å². The summed E-state index contributed by atoms with van der Waals surface area (Å²) in [5.74, 6) is 0.454. The molecular formula is C21H25FN6O2. The average Bonchev–Trinajstić information content (AvgIpc) is 3.19. The minimum Gasteiger partial charge on any atom is -0.494 e. The van der Waals surface area contributed by atoms with Gasteiger partial charge in [-0.05, 0) is 30.2 Å². The summed E-state index contributed by atoms with van der Waals surface area (Å²) in [7, 11) is 1.45. The van der Waals surface area contributed by atoms with Crippen LogP contribution >= 0.6 is 0 Å². The Balaban J connectivity index is 1.39. The Hall–Kier alpha value is -2.75. The van der Waals surface area contributed by atoms with Crippen LogP contribution in [-0.4, -0.2) is 65.0 Å². The van der Waals surface area contributed by atoms with Gasteiger partial charge in [-0.15, -0.1) is 0 Å². The van der Waals surface area contributed by atoms with Crippen LogP contribution in [0.3, 0.4) is 0 Å². The summed E-state index contributed by atoms with van der Waals surface area (Å²) >= 11 is 0. The lowest BCUT2D eigenvalue weighted by Gasteiger charge is -2.41. The zero-order valence-corrected chi connectivity index (χ0v) is 16.8. The van der Waals surface area contributed by atoms with Crippen LogP contribution in [0.2, 0.25) is 0 Å². The second kappa shape index (κ2) is 8.17. The van der Waals surface area contributed by atoms with Gasteiger partial charge in [-0.1, -0.05) is 0 Å². The number of likely N-dealkylation sites (tertiary alicyclic amines) is 1. The van der Waals surface area contributed by atoms with E-state index in [4.69, 9.17) is 9.47 Å². The Morgan fingerprint density at radius 1 is 1.37 bits per heavy atom. The molecule has 3 aromatic rings. The number of fused-ring (bicyclic) bond motifs is 2. The Bertz CT molecular complexity index is 1040. The highest BCUT2D eigenvalue weighted by Gasteiger charge is 2.32. The molecule has 2 aliphatic rings. The van der Waals surface area contributed by atoms with Crippen LogP contribution < -0.4 is 15.4 Å². The Kier molecular flexibility index (Phi) is 5.24. The third-order valence-electron chi connectivity index (χ3n) is 5.83. The molecule has 0 unspecified atom stereocenters. The van der Waals surface area contributed by atoms with Gasteiger partial charge in [-0.3, -0.25) is 4.90 Å². The predicted molar refractivity (Wildman–Crippen MR) is 111 cm³/mol. The van der Waals surface area contributed by atoms with Gasteiger partial charge in [-0.25, -0.2) is 13.9 Å². The molecule has 0 spiro atoms. The number of nitrogens with zero attached hydrogens (tertiary/aromatic N) is 4. The summed E-state index contributed by atoms with van der Waals surface area (Å²) in [6.07, 6.45) is 4.76. The van der Waals surface area contributed by atoms with E-state index in [2.05, 4.69) is 31.7 Å². The molecular weight excluding hydrogens is 387 g/mol. The smallest absolute Gasteiger partial charge is 0.165 e. The maximum absolute atomic E-state index is 13.8. The number of rotatable bonds is 5. The van der Waals surface area contributed by atoms with Gasteiger partial charge in [0, 0.05) is 50.2 Å². The minimum atomic E-state index is -0.401. The van der Waals surface area contributed by atoms with Crippen molar-refractivity contribution >= 4 is 17.0 Å². The highest BCUT2D eigenvalue weighted by molar-refractivity contribution is 5.76. The van der Waals surface area contributed by atoms with Crippen molar-refractivity contribution in [1.82, 2.24) is 24.8 Å². The third kappa shape index (κ3) is 3.71. The van der Waals surface area contributed by atoms with Crippen LogP contribution in [0, 0.1) is 5.82 Å². The second-order valence-electron chi connectivity index (χ2n) is 7.71. The number of nitrogens with one attached hydrogen (secondary N) is 2. The molecule has 0 aliphatic carbocycles. The minimum absolute atomic E-state index is 0.185. The van der Waals surface area contributed by atoms with E-state index >= 15 is 0 Å². The SMILES string of the molecule is COc1cc(Nc2ncnn3ccc(CN4CC[C@H]5NCCO[C@@H]5C4)c23)ccc1F. The molecule has 2 N–H and O–H groups in total. The monoisotopic (exact) mass is 412 g/mol. The Morgan fingerprint density at radius 2 is 2.30 bits per heavy atom. The number of benzene rings is 1. The highest BCUT2D eigenvalue weighted by Crippen LogP contribution is 2.28. The molecule has 30 heavy (non-hydrogen) atoms.